The zero-order chi connectivity index (χ0) is 20.5. The molecule has 150 valence electrons. The van der Waals surface area contributed by atoms with E-state index in [0.29, 0.717) is 12.4 Å². The van der Waals surface area contributed by atoms with Crippen molar-refractivity contribution in [3.8, 4) is 5.69 Å². The van der Waals surface area contributed by atoms with Crippen LogP contribution in [0.2, 0.25) is 0 Å². The Hall–Kier alpha value is -2.63. The maximum atomic E-state index is 12.7. The molecule has 1 aromatic carbocycles. The van der Waals surface area contributed by atoms with E-state index in [9.17, 15) is 9.59 Å². The van der Waals surface area contributed by atoms with Crippen LogP contribution in [0, 0.1) is 12.8 Å². The third kappa shape index (κ3) is 4.43. The van der Waals surface area contributed by atoms with Gasteiger partial charge in [-0.3, -0.25) is 9.59 Å². The smallest absolute Gasteiger partial charge is 0.245 e. The van der Waals surface area contributed by atoms with Crippen LogP contribution in [0.4, 0.5) is 5.82 Å². The number of para-hydroxylation sites is 1. The molecule has 1 saturated carbocycles. The maximum Gasteiger partial charge on any atom is 0.245 e. The van der Waals surface area contributed by atoms with E-state index in [4.69, 9.17) is 5.10 Å². The molecule has 0 saturated heterocycles. The van der Waals surface area contributed by atoms with Gasteiger partial charge in [0.25, 0.3) is 0 Å². The van der Waals surface area contributed by atoms with Gasteiger partial charge in [0.15, 0.2) is 0 Å². The molecule has 0 bridgehead atoms. The monoisotopic (exact) mass is 382 g/mol. The minimum absolute atomic E-state index is 0.0651. The number of aryl methyl sites for hydroxylation is 1. The lowest BCUT2D eigenvalue weighted by molar-refractivity contribution is -0.135. The van der Waals surface area contributed by atoms with E-state index in [0.717, 1.165) is 29.8 Å². The molecular formula is C22H30N4O2. The fourth-order valence-corrected chi connectivity index (χ4v) is 3.11. The number of carbonyl (C=O) groups excluding carboxylic acids is 2. The van der Waals surface area contributed by atoms with E-state index in [2.05, 4.69) is 26.1 Å². The minimum Gasteiger partial charge on any atom is -0.333 e. The van der Waals surface area contributed by atoms with E-state index < -0.39 is 0 Å². The Kier molecular flexibility index (Phi) is 5.59. The number of benzene rings is 1. The summed E-state index contributed by atoms with van der Waals surface area (Å²) in [5.74, 6) is 0.614. The minimum atomic E-state index is -0.203. The molecule has 1 aliphatic carbocycles. The molecule has 0 unspecified atom stereocenters. The van der Waals surface area contributed by atoms with Gasteiger partial charge >= 0.3 is 0 Å². The van der Waals surface area contributed by atoms with Crippen LogP contribution in [0.5, 0.6) is 0 Å². The van der Waals surface area contributed by atoms with Crippen molar-refractivity contribution in [2.45, 2.75) is 52.9 Å². The number of aromatic nitrogens is 2. The molecular weight excluding hydrogens is 352 g/mol. The summed E-state index contributed by atoms with van der Waals surface area (Å²) in [7, 11) is 0. The zero-order valence-electron chi connectivity index (χ0n) is 17.5. The summed E-state index contributed by atoms with van der Waals surface area (Å²) in [6.45, 7) is 10.8. The van der Waals surface area contributed by atoms with Crippen molar-refractivity contribution in [2.75, 3.05) is 18.4 Å². The Morgan fingerprint density at radius 2 is 1.93 bits per heavy atom. The zero-order valence-corrected chi connectivity index (χ0v) is 17.5. The SMILES string of the molecule is CCN(CC(=O)Nc1cc(C(C)(C)C)nn1-c1ccccc1C)C(=O)C1CC1. The van der Waals surface area contributed by atoms with Crippen LogP contribution in [-0.4, -0.2) is 39.6 Å². The lowest BCUT2D eigenvalue weighted by atomic mass is 9.92. The summed E-state index contributed by atoms with van der Waals surface area (Å²) < 4.78 is 1.78. The molecule has 1 aromatic heterocycles. The first-order chi connectivity index (χ1) is 13.2. The number of likely N-dealkylation sites (N-methyl/N-ethyl adjacent to an activating group) is 1. The molecule has 0 atom stereocenters. The highest BCUT2D eigenvalue weighted by Crippen LogP contribution is 2.31. The standard InChI is InChI=1S/C22H30N4O2/c1-6-25(21(28)16-11-12-16)14-20(27)23-19-13-18(22(3,4)5)24-26(19)17-10-8-7-9-15(17)2/h7-10,13,16H,6,11-12,14H2,1-5H3,(H,23,27). The van der Waals surface area contributed by atoms with Gasteiger partial charge in [0.05, 0.1) is 17.9 Å². The summed E-state index contributed by atoms with van der Waals surface area (Å²) in [5, 5.41) is 7.74. The van der Waals surface area contributed by atoms with Crippen LogP contribution in [0.1, 0.15) is 51.8 Å². The summed E-state index contributed by atoms with van der Waals surface area (Å²) in [6, 6.07) is 9.86. The van der Waals surface area contributed by atoms with E-state index in [1.807, 2.05) is 44.2 Å². The van der Waals surface area contributed by atoms with Crippen molar-refractivity contribution in [3.05, 3.63) is 41.6 Å². The number of hydrogen-bond acceptors (Lipinski definition) is 3. The first-order valence-electron chi connectivity index (χ1n) is 9.96. The molecule has 2 amide bonds. The molecule has 28 heavy (non-hydrogen) atoms. The van der Waals surface area contributed by atoms with Gasteiger partial charge in [0.1, 0.15) is 5.82 Å². The molecule has 1 fully saturated rings. The van der Waals surface area contributed by atoms with E-state index in [-0.39, 0.29) is 29.7 Å². The predicted octanol–water partition coefficient (Wildman–Crippen LogP) is 3.68. The Morgan fingerprint density at radius 1 is 1.25 bits per heavy atom. The Balaban J connectivity index is 1.85. The number of amides is 2. The van der Waals surface area contributed by atoms with Crippen molar-refractivity contribution in [3.63, 3.8) is 0 Å². The fraction of sp³-hybridized carbons (Fsp3) is 0.500. The molecule has 6 heteroatoms. The average Bonchev–Trinajstić information content (AvgIpc) is 3.39. The third-order valence-corrected chi connectivity index (χ3v) is 5.04. The highest BCUT2D eigenvalue weighted by molar-refractivity contribution is 5.94. The molecule has 6 nitrogen and oxygen atoms in total. The quantitative estimate of drug-likeness (QED) is 0.829. The van der Waals surface area contributed by atoms with Crippen LogP contribution in [0.3, 0.4) is 0 Å². The second-order valence-electron chi connectivity index (χ2n) is 8.54. The molecule has 1 aliphatic rings. The Bertz CT molecular complexity index is 875. The van der Waals surface area contributed by atoms with E-state index in [1.54, 1.807) is 9.58 Å². The summed E-state index contributed by atoms with van der Waals surface area (Å²) in [4.78, 5) is 26.7. The van der Waals surface area contributed by atoms with Gasteiger partial charge in [-0.2, -0.15) is 5.10 Å². The molecule has 2 aromatic rings. The van der Waals surface area contributed by atoms with Crippen molar-refractivity contribution < 1.29 is 9.59 Å². The number of anilines is 1. The third-order valence-electron chi connectivity index (χ3n) is 5.04. The van der Waals surface area contributed by atoms with Crippen molar-refractivity contribution >= 4 is 17.6 Å². The molecule has 0 spiro atoms. The molecule has 0 aliphatic heterocycles. The van der Waals surface area contributed by atoms with Gasteiger partial charge in [0.2, 0.25) is 11.8 Å². The number of rotatable bonds is 6. The molecule has 0 radical (unpaired) electrons. The topological polar surface area (TPSA) is 67.2 Å². The second-order valence-corrected chi connectivity index (χ2v) is 8.54. The van der Waals surface area contributed by atoms with E-state index in [1.165, 1.54) is 0 Å². The average molecular weight is 383 g/mol. The maximum absolute atomic E-state index is 12.7. The second kappa shape index (κ2) is 7.78. The van der Waals surface area contributed by atoms with Crippen molar-refractivity contribution in [1.29, 1.82) is 0 Å². The van der Waals surface area contributed by atoms with Gasteiger partial charge < -0.3 is 10.2 Å². The van der Waals surface area contributed by atoms with Gasteiger partial charge in [-0.1, -0.05) is 39.0 Å². The summed E-state index contributed by atoms with van der Waals surface area (Å²) >= 11 is 0. The van der Waals surface area contributed by atoms with Crippen molar-refractivity contribution in [1.82, 2.24) is 14.7 Å². The normalized spacial score (nSPS) is 14.0. The van der Waals surface area contributed by atoms with Gasteiger partial charge in [-0.25, -0.2) is 4.68 Å². The Labute approximate surface area is 166 Å². The summed E-state index contributed by atoms with van der Waals surface area (Å²) in [6.07, 6.45) is 1.87. The molecule has 1 heterocycles. The van der Waals surface area contributed by atoms with Crippen molar-refractivity contribution in [2.24, 2.45) is 5.92 Å². The Morgan fingerprint density at radius 3 is 2.50 bits per heavy atom. The number of nitrogens with zero attached hydrogens (tertiary/aromatic N) is 3. The first kappa shape index (κ1) is 20.1. The predicted molar refractivity (Wildman–Crippen MR) is 111 cm³/mol. The number of carbonyl (C=O) groups is 2. The molecule has 1 N–H and O–H groups in total. The molecule has 3 rings (SSSR count). The van der Waals surface area contributed by atoms with Gasteiger partial charge in [0, 0.05) is 23.9 Å². The number of hydrogen-bond donors (Lipinski definition) is 1. The van der Waals surface area contributed by atoms with E-state index >= 15 is 0 Å². The lowest BCUT2D eigenvalue weighted by Gasteiger charge is -2.20. The largest absolute Gasteiger partial charge is 0.333 e. The fourth-order valence-electron chi connectivity index (χ4n) is 3.11. The summed E-state index contributed by atoms with van der Waals surface area (Å²) in [5.41, 5.74) is 2.74. The highest BCUT2D eigenvalue weighted by atomic mass is 16.2. The highest BCUT2D eigenvalue weighted by Gasteiger charge is 2.33. The van der Waals surface area contributed by atoms with Crippen LogP contribution in [-0.2, 0) is 15.0 Å². The van der Waals surface area contributed by atoms with Crippen LogP contribution in [0.25, 0.3) is 5.69 Å². The van der Waals surface area contributed by atoms with Crippen LogP contribution in [0.15, 0.2) is 30.3 Å². The first-order valence-corrected chi connectivity index (χ1v) is 9.96. The van der Waals surface area contributed by atoms with Crippen LogP contribution >= 0.6 is 0 Å². The lowest BCUT2D eigenvalue weighted by Crippen LogP contribution is -2.38. The van der Waals surface area contributed by atoms with Gasteiger partial charge in [-0.05, 0) is 38.3 Å². The van der Waals surface area contributed by atoms with Gasteiger partial charge in [-0.15, -0.1) is 0 Å². The number of nitrogens with one attached hydrogen (secondary N) is 1. The van der Waals surface area contributed by atoms with Crippen LogP contribution < -0.4 is 5.32 Å².